The average Bonchev–Trinajstić information content (AvgIpc) is 3.32. The molecule has 192 valence electrons. The molecule has 0 bridgehead atoms. The molecule has 2 unspecified atom stereocenters. The van der Waals surface area contributed by atoms with E-state index < -0.39 is 0 Å². The molecule has 1 fully saturated rings. The molecular formula is C30H40N4O2. The van der Waals surface area contributed by atoms with Gasteiger partial charge >= 0.3 is 0 Å². The Bertz CT molecular complexity index is 1120. The van der Waals surface area contributed by atoms with Gasteiger partial charge in [0, 0.05) is 12.1 Å². The number of carbonyl (C=O) groups excluding carboxylic acids is 1. The van der Waals surface area contributed by atoms with Gasteiger partial charge in [-0.1, -0.05) is 94.4 Å². The third-order valence-corrected chi connectivity index (χ3v) is 6.94. The maximum Gasteiger partial charge on any atom is 0.241 e. The third kappa shape index (κ3) is 6.82. The molecule has 0 spiro atoms. The summed E-state index contributed by atoms with van der Waals surface area (Å²) in [7, 11) is 0. The number of hydrogen-bond donors (Lipinski definition) is 1. The van der Waals surface area contributed by atoms with Crippen LogP contribution < -0.4 is 5.32 Å². The van der Waals surface area contributed by atoms with Crippen molar-refractivity contribution in [1.82, 2.24) is 20.4 Å². The van der Waals surface area contributed by atoms with Crippen molar-refractivity contribution < 1.29 is 9.32 Å². The van der Waals surface area contributed by atoms with Crippen LogP contribution in [-0.4, -0.2) is 34.0 Å². The first-order chi connectivity index (χ1) is 17.2. The molecule has 0 saturated carbocycles. The zero-order chi connectivity index (χ0) is 25.7. The Labute approximate surface area is 215 Å². The monoisotopic (exact) mass is 488 g/mol. The summed E-state index contributed by atoms with van der Waals surface area (Å²) in [6, 6.07) is 18.7. The summed E-state index contributed by atoms with van der Waals surface area (Å²) in [5, 5.41) is 7.55. The van der Waals surface area contributed by atoms with Gasteiger partial charge in [-0.25, -0.2) is 0 Å². The maximum atomic E-state index is 13.3. The normalized spacial score (nSPS) is 17.8. The Balaban J connectivity index is 1.36. The molecule has 1 N–H and O–H groups in total. The molecule has 6 nitrogen and oxygen atoms in total. The van der Waals surface area contributed by atoms with Crippen LogP contribution >= 0.6 is 0 Å². The molecule has 6 heteroatoms. The van der Waals surface area contributed by atoms with Crippen LogP contribution in [0.15, 0.2) is 59.1 Å². The summed E-state index contributed by atoms with van der Waals surface area (Å²) in [6.45, 7) is 13.2. The summed E-state index contributed by atoms with van der Waals surface area (Å²) < 4.78 is 5.58. The molecule has 1 aliphatic rings. The van der Waals surface area contributed by atoms with E-state index in [1.165, 1.54) is 11.1 Å². The Morgan fingerprint density at radius 1 is 1.11 bits per heavy atom. The molecule has 2 aromatic carbocycles. The van der Waals surface area contributed by atoms with E-state index in [0.717, 1.165) is 31.4 Å². The number of likely N-dealkylation sites (tertiary alicyclic amines) is 1. The molecule has 1 aromatic heterocycles. The predicted octanol–water partition coefficient (Wildman–Crippen LogP) is 6.15. The average molecular weight is 489 g/mol. The van der Waals surface area contributed by atoms with Crippen molar-refractivity contribution >= 4 is 5.91 Å². The molecule has 0 radical (unpaired) electrons. The van der Waals surface area contributed by atoms with E-state index in [1.54, 1.807) is 0 Å². The Kier molecular flexibility index (Phi) is 8.24. The van der Waals surface area contributed by atoms with Crippen molar-refractivity contribution in [2.24, 2.45) is 11.8 Å². The van der Waals surface area contributed by atoms with Crippen LogP contribution in [0.4, 0.5) is 0 Å². The van der Waals surface area contributed by atoms with E-state index in [0.29, 0.717) is 30.7 Å². The van der Waals surface area contributed by atoms with Crippen LogP contribution in [0.3, 0.4) is 0 Å². The highest BCUT2D eigenvalue weighted by atomic mass is 16.5. The standard InChI is InChI=1S/C30H40N4O2/c1-21(2)18-26(22-10-7-6-8-11-22)31-29(35)24-12-9-17-34(19-24)20-27-32-28(33-36-27)23-13-15-25(16-14-23)30(3,4)5/h6-8,10-11,13-16,21,24,26H,9,12,17-20H2,1-5H3,(H,31,35). The van der Waals surface area contributed by atoms with Gasteiger partial charge in [-0.2, -0.15) is 4.98 Å². The lowest BCUT2D eigenvalue weighted by Crippen LogP contribution is -2.43. The van der Waals surface area contributed by atoms with Gasteiger partial charge in [0.1, 0.15) is 0 Å². The molecule has 3 aromatic rings. The fourth-order valence-electron chi connectivity index (χ4n) is 4.88. The van der Waals surface area contributed by atoms with Gasteiger partial charge < -0.3 is 9.84 Å². The summed E-state index contributed by atoms with van der Waals surface area (Å²) in [5.74, 6) is 1.79. The van der Waals surface area contributed by atoms with Crippen molar-refractivity contribution in [3.63, 3.8) is 0 Å². The maximum absolute atomic E-state index is 13.3. The molecule has 1 saturated heterocycles. The van der Waals surface area contributed by atoms with Crippen molar-refractivity contribution in [1.29, 1.82) is 0 Å². The Hall–Kier alpha value is -2.99. The quantitative estimate of drug-likeness (QED) is 0.412. The molecule has 2 atom stereocenters. The lowest BCUT2D eigenvalue weighted by molar-refractivity contribution is -0.127. The predicted molar refractivity (Wildman–Crippen MR) is 143 cm³/mol. The smallest absolute Gasteiger partial charge is 0.241 e. The minimum atomic E-state index is -0.0375. The van der Waals surface area contributed by atoms with Gasteiger partial charge in [-0.3, -0.25) is 9.69 Å². The molecule has 0 aliphatic carbocycles. The van der Waals surface area contributed by atoms with Crippen LogP contribution in [0.25, 0.3) is 11.4 Å². The number of rotatable bonds is 8. The number of hydrogen-bond acceptors (Lipinski definition) is 5. The summed E-state index contributed by atoms with van der Waals surface area (Å²) in [6.07, 6.45) is 2.81. The lowest BCUT2D eigenvalue weighted by atomic mass is 9.87. The van der Waals surface area contributed by atoms with Crippen molar-refractivity contribution in [2.45, 2.75) is 71.9 Å². The second-order valence-electron chi connectivity index (χ2n) is 11.5. The van der Waals surface area contributed by atoms with Crippen LogP contribution in [0.5, 0.6) is 0 Å². The number of benzene rings is 2. The van der Waals surface area contributed by atoms with E-state index in [4.69, 9.17) is 4.52 Å². The van der Waals surface area contributed by atoms with Gasteiger partial charge in [0.2, 0.25) is 17.6 Å². The van der Waals surface area contributed by atoms with Crippen molar-refractivity contribution in [3.05, 3.63) is 71.6 Å². The summed E-state index contributed by atoms with van der Waals surface area (Å²) >= 11 is 0. The van der Waals surface area contributed by atoms with Crippen LogP contribution in [0.1, 0.15) is 76.9 Å². The zero-order valence-electron chi connectivity index (χ0n) is 22.3. The number of nitrogens with zero attached hydrogens (tertiary/aromatic N) is 3. The first kappa shape index (κ1) is 26.1. The highest BCUT2D eigenvalue weighted by molar-refractivity contribution is 5.79. The highest BCUT2D eigenvalue weighted by Crippen LogP contribution is 2.26. The SMILES string of the molecule is CC(C)CC(NC(=O)C1CCCN(Cc2nc(-c3ccc(C(C)(C)C)cc3)no2)C1)c1ccccc1. The van der Waals surface area contributed by atoms with E-state index in [2.05, 4.69) is 91.4 Å². The van der Waals surface area contributed by atoms with Gasteiger partial charge in [-0.15, -0.1) is 0 Å². The van der Waals surface area contributed by atoms with Crippen molar-refractivity contribution in [3.8, 4) is 11.4 Å². The number of aromatic nitrogens is 2. The van der Waals surface area contributed by atoms with Crippen molar-refractivity contribution in [2.75, 3.05) is 13.1 Å². The lowest BCUT2D eigenvalue weighted by Gasteiger charge is -2.32. The molecular weight excluding hydrogens is 448 g/mol. The highest BCUT2D eigenvalue weighted by Gasteiger charge is 2.29. The fourth-order valence-corrected chi connectivity index (χ4v) is 4.88. The second-order valence-corrected chi connectivity index (χ2v) is 11.5. The number of nitrogens with one attached hydrogen (secondary N) is 1. The van der Waals surface area contributed by atoms with E-state index >= 15 is 0 Å². The van der Waals surface area contributed by atoms with E-state index in [-0.39, 0.29) is 23.3 Å². The van der Waals surface area contributed by atoms with Crippen LogP contribution in [0, 0.1) is 11.8 Å². The summed E-state index contributed by atoms with van der Waals surface area (Å²) in [4.78, 5) is 20.2. The molecule has 1 aliphatic heterocycles. The molecule has 36 heavy (non-hydrogen) atoms. The topological polar surface area (TPSA) is 71.3 Å². The minimum Gasteiger partial charge on any atom is -0.349 e. The minimum absolute atomic E-state index is 0.0375. The Morgan fingerprint density at radius 3 is 2.50 bits per heavy atom. The zero-order valence-corrected chi connectivity index (χ0v) is 22.3. The van der Waals surface area contributed by atoms with E-state index in [9.17, 15) is 4.79 Å². The first-order valence-corrected chi connectivity index (χ1v) is 13.2. The van der Waals surface area contributed by atoms with Gasteiger partial charge in [0.25, 0.3) is 0 Å². The summed E-state index contributed by atoms with van der Waals surface area (Å²) in [5.41, 5.74) is 3.50. The van der Waals surface area contributed by atoms with Gasteiger partial charge in [0.15, 0.2) is 0 Å². The number of carbonyl (C=O) groups is 1. The molecule has 4 rings (SSSR count). The van der Waals surface area contributed by atoms with Crippen LogP contribution in [-0.2, 0) is 16.8 Å². The molecule has 1 amide bonds. The third-order valence-electron chi connectivity index (χ3n) is 6.94. The fraction of sp³-hybridized carbons (Fsp3) is 0.500. The van der Waals surface area contributed by atoms with E-state index in [1.807, 2.05) is 18.2 Å². The second kappa shape index (κ2) is 11.4. The first-order valence-electron chi connectivity index (χ1n) is 13.2. The molecule has 2 heterocycles. The van der Waals surface area contributed by atoms with Gasteiger partial charge in [-0.05, 0) is 48.3 Å². The Morgan fingerprint density at radius 2 is 1.83 bits per heavy atom. The van der Waals surface area contributed by atoms with Crippen LogP contribution in [0.2, 0.25) is 0 Å². The van der Waals surface area contributed by atoms with Gasteiger partial charge in [0.05, 0.1) is 18.5 Å². The number of piperidine rings is 1. The largest absolute Gasteiger partial charge is 0.349 e. The number of amides is 1.